The summed E-state index contributed by atoms with van der Waals surface area (Å²) in [6, 6.07) is 3.33. The lowest BCUT2D eigenvalue weighted by molar-refractivity contribution is 0.174. The number of rotatable bonds is 5. The lowest BCUT2D eigenvalue weighted by Crippen LogP contribution is -2.18. The number of aromatic hydroxyl groups is 1. The first-order valence-electron chi connectivity index (χ1n) is 5.67. The number of hydrogen-bond donors (Lipinski definition) is 3. The van der Waals surface area contributed by atoms with Gasteiger partial charge in [-0.05, 0) is 26.0 Å². The highest BCUT2D eigenvalue weighted by Gasteiger charge is 2.16. The van der Waals surface area contributed by atoms with Crippen molar-refractivity contribution in [2.45, 2.75) is 26.0 Å². The zero-order valence-corrected chi connectivity index (χ0v) is 9.77. The monoisotopic (exact) mass is 239 g/mol. The number of nitrogens with one attached hydrogen (secondary N) is 1. The number of aliphatic hydroxyl groups is 1. The van der Waals surface area contributed by atoms with Gasteiger partial charge in [0.15, 0.2) is 11.5 Å². The van der Waals surface area contributed by atoms with E-state index in [0.29, 0.717) is 31.0 Å². The van der Waals surface area contributed by atoms with Crippen LogP contribution in [0.4, 0.5) is 0 Å². The molecule has 1 aliphatic heterocycles. The maximum Gasteiger partial charge on any atom is 0.231 e. The van der Waals surface area contributed by atoms with Crippen molar-refractivity contribution in [3.05, 3.63) is 17.7 Å². The Hall–Kier alpha value is -1.46. The highest BCUT2D eigenvalue weighted by atomic mass is 16.7. The molecule has 0 bridgehead atoms. The predicted octanol–water partition coefficient (Wildman–Crippen LogP) is 0.981. The highest BCUT2D eigenvalue weighted by molar-refractivity contribution is 5.51. The Bertz CT molecular complexity index is 392. The Labute approximate surface area is 100.0 Å². The van der Waals surface area contributed by atoms with Crippen LogP contribution in [0.25, 0.3) is 0 Å². The molecule has 5 heteroatoms. The number of aliphatic hydroxyl groups excluding tert-OH is 1. The summed E-state index contributed by atoms with van der Waals surface area (Å²) in [4.78, 5) is 0. The van der Waals surface area contributed by atoms with Gasteiger partial charge in [0, 0.05) is 18.2 Å². The van der Waals surface area contributed by atoms with Gasteiger partial charge >= 0.3 is 0 Å². The molecule has 1 aromatic rings. The topological polar surface area (TPSA) is 71.0 Å². The summed E-state index contributed by atoms with van der Waals surface area (Å²) in [5.74, 6) is 1.43. The van der Waals surface area contributed by atoms with E-state index in [4.69, 9.17) is 14.6 Å². The van der Waals surface area contributed by atoms with Gasteiger partial charge < -0.3 is 25.0 Å². The van der Waals surface area contributed by atoms with Crippen LogP contribution in [0, 0.1) is 0 Å². The summed E-state index contributed by atoms with van der Waals surface area (Å²) in [5.41, 5.74) is 0.764. The minimum Gasteiger partial charge on any atom is -0.507 e. The standard InChI is InChI=1S/C12H17NO4/c1-8(14)2-3-13-6-9-4-11-12(5-10(9)15)17-7-16-11/h4-5,8,13-15H,2-3,6-7H2,1H3. The van der Waals surface area contributed by atoms with Gasteiger partial charge in [-0.15, -0.1) is 0 Å². The average Bonchev–Trinajstić information content (AvgIpc) is 2.71. The maximum absolute atomic E-state index is 9.76. The molecule has 1 heterocycles. The van der Waals surface area contributed by atoms with Crippen molar-refractivity contribution in [1.82, 2.24) is 5.32 Å². The lowest BCUT2D eigenvalue weighted by Gasteiger charge is -2.09. The van der Waals surface area contributed by atoms with Crippen LogP contribution in [0.2, 0.25) is 0 Å². The first-order chi connectivity index (χ1) is 8.16. The molecule has 1 aromatic carbocycles. The van der Waals surface area contributed by atoms with Crippen LogP contribution >= 0.6 is 0 Å². The van der Waals surface area contributed by atoms with E-state index in [1.54, 1.807) is 19.1 Å². The number of phenolic OH excluding ortho intramolecular Hbond substituents is 1. The summed E-state index contributed by atoms with van der Waals surface area (Å²) in [5, 5.41) is 22.0. The Morgan fingerprint density at radius 1 is 1.35 bits per heavy atom. The first-order valence-corrected chi connectivity index (χ1v) is 5.67. The maximum atomic E-state index is 9.76. The molecular weight excluding hydrogens is 222 g/mol. The van der Waals surface area contributed by atoms with Crippen molar-refractivity contribution < 1.29 is 19.7 Å². The third-order valence-corrected chi connectivity index (χ3v) is 2.63. The molecule has 17 heavy (non-hydrogen) atoms. The molecule has 5 nitrogen and oxygen atoms in total. The normalized spacial score (nSPS) is 14.9. The highest BCUT2D eigenvalue weighted by Crippen LogP contribution is 2.37. The molecule has 0 fully saturated rings. The quantitative estimate of drug-likeness (QED) is 0.668. The average molecular weight is 239 g/mol. The van der Waals surface area contributed by atoms with Crippen LogP contribution in [0.15, 0.2) is 12.1 Å². The molecule has 1 atom stereocenters. The van der Waals surface area contributed by atoms with Gasteiger partial charge in [-0.25, -0.2) is 0 Å². The Morgan fingerprint density at radius 2 is 2.06 bits per heavy atom. The molecular formula is C12H17NO4. The number of fused-ring (bicyclic) bond motifs is 1. The molecule has 3 N–H and O–H groups in total. The van der Waals surface area contributed by atoms with Crippen LogP contribution in [0.3, 0.4) is 0 Å². The Balaban J connectivity index is 1.92. The SMILES string of the molecule is CC(O)CCNCc1cc2c(cc1O)OCO2. The number of phenols is 1. The van der Waals surface area contributed by atoms with Crippen molar-refractivity contribution in [3.8, 4) is 17.2 Å². The molecule has 0 aromatic heterocycles. The van der Waals surface area contributed by atoms with E-state index < -0.39 is 0 Å². The smallest absolute Gasteiger partial charge is 0.231 e. The minimum absolute atomic E-state index is 0.193. The molecule has 0 saturated carbocycles. The van der Waals surface area contributed by atoms with Gasteiger partial charge in [-0.2, -0.15) is 0 Å². The summed E-state index contributed by atoms with van der Waals surface area (Å²) < 4.78 is 10.4. The first kappa shape index (κ1) is 12.0. The predicted molar refractivity (Wildman–Crippen MR) is 62.2 cm³/mol. The zero-order valence-electron chi connectivity index (χ0n) is 9.77. The van der Waals surface area contributed by atoms with Gasteiger partial charge in [0.05, 0.1) is 6.10 Å². The molecule has 0 spiro atoms. The Morgan fingerprint density at radius 3 is 2.76 bits per heavy atom. The van der Waals surface area contributed by atoms with Gasteiger partial charge in [-0.1, -0.05) is 0 Å². The third kappa shape index (κ3) is 3.01. The van der Waals surface area contributed by atoms with E-state index in [1.165, 1.54) is 0 Å². The van der Waals surface area contributed by atoms with Gasteiger partial charge in [0.2, 0.25) is 6.79 Å². The summed E-state index contributed by atoms with van der Waals surface area (Å²) >= 11 is 0. The van der Waals surface area contributed by atoms with Crippen molar-refractivity contribution >= 4 is 0 Å². The molecule has 94 valence electrons. The van der Waals surface area contributed by atoms with E-state index in [-0.39, 0.29) is 18.6 Å². The van der Waals surface area contributed by atoms with Crippen molar-refractivity contribution in [3.63, 3.8) is 0 Å². The fourth-order valence-corrected chi connectivity index (χ4v) is 1.65. The third-order valence-electron chi connectivity index (χ3n) is 2.63. The number of ether oxygens (including phenoxy) is 2. The van der Waals surface area contributed by atoms with Crippen LogP contribution < -0.4 is 14.8 Å². The molecule has 1 aliphatic rings. The molecule has 0 saturated heterocycles. The fourth-order valence-electron chi connectivity index (χ4n) is 1.65. The molecule has 0 aliphatic carbocycles. The largest absolute Gasteiger partial charge is 0.507 e. The second-order valence-corrected chi connectivity index (χ2v) is 4.15. The second-order valence-electron chi connectivity index (χ2n) is 4.15. The number of hydrogen-bond acceptors (Lipinski definition) is 5. The number of benzene rings is 1. The van der Waals surface area contributed by atoms with Crippen LogP contribution in [-0.4, -0.2) is 29.7 Å². The van der Waals surface area contributed by atoms with Crippen molar-refractivity contribution in [2.24, 2.45) is 0 Å². The van der Waals surface area contributed by atoms with E-state index in [1.807, 2.05) is 0 Å². The second kappa shape index (κ2) is 5.25. The van der Waals surface area contributed by atoms with Gasteiger partial charge in [0.1, 0.15) is 5.75 Å². The molecule has 1 unspecified atom stereocenters. The lowest BCUT2D eigenvalue weighted by atomic mass is 10.1. The van der Waals surface area contributed by atoms with Crippen molar-refractivity contribution in [2.75, 3.05) is 13.3 Å². The zero-order chi connectivity index (χ0) is 12.3. The summed E-state index contributed by atoms with van der Waals surface area (Å²) in [6.07, 6.45) is 0.374. The van der Waals surface area contributed by atoms with Crippen molar-refractivity contribution in [1.29, 1.82) is 0 Å². The van der Waals surface area contributed by atoms with Crippen LogP contribution in [0.5, 0.6) is 17.2 Å². The Kier molecular flexibility index (Phi) is 3.71. The molecule has 0 amide bonds. The van der Waals surface area contributed by atoms with Crippen LogP contribution in [-0.2, 0) is 6.54 Å². The molecule has 2 rings (SSSR count). The van der Waals surface area contributed by atoms with Gasteiger partial charge in [0.25, 0.3) is 0 Å². The van der Waals surface area contributed by atoms with E-state index in [9.17, 15) is 5.11 Å². The summed E-state index contributed by atoms with van der Waals surface area (Å²) in [7, 11) is 0. The van der Waals surface area contributed by atoms with Crippen LogP contribution in [0.1, 0.15) is 18.9 Å². The van der Waals surface area contributed by atoms with E-state index in [0.717, 1.165) is 5.56 Å². The summed E-state index contributed by atoms with van der Waals surface area (Å²) in [6.45, 7) is 3.19. The molecule has 0 radical (unpaired) electrons. The minimum atomic E-state index is -0.312. The van der Waals surface area contributed by atoms with E-state index >= 15 is 0 Å². The fraction of sp³-hybridized carbons (Fsp3) is 0.500. The van der Waals surface area contributed by atoms with Gasteiger partial charge in [-0.3, -0.25) is 0 Å². The van der Waals surface area contributed by atoms with E-state index in [2.05, 4.69) is 5.32 Å².